The highest BCUT2D eigenvalue weighted by Gasteiger charge is 2.10. The Kier molecular flexibility index (Phi) is 3.80. The van der Waals surface area contributed by atoms with E-state index in [1.165, 1.54) is 17.8 Å². The van der Waals surface area contributed by atoms with Gasteiger partial charge < -0.3 is 15.6 Å². The van der Waals surface area contributed by atoms with Crippen molar-refractivity contribution in [2.24, 2.45) is 0 Å². The summed E-state index contributed by atoms with van der Waals surface area (Å²) in [4.78, 5) is 26.3. The van der Waals surface area contributed by atoms with Gasteiger partial charge in [-0.25, -0.2) is 4.68 Å². The second-order valence-corrected chi connectivity index (χ2v) is 5.25. The van der Waals surface area contributed by atoms with Gasteiger partial charge in [-0.2, -0.15) is 0 Å². The molecular formula is C15H16N6O2. The fourth-order valence-electron chi connectivity index (χ4n) is 2.35. The summed E-state index contributed by atoms with van der Waals surface area (Å²) in [6.07, 6.45) is 1.50. The Morgan fingerprint density at radius 1 is 1.30 bits per heavy atom. The molecule has 2 heterocycles. The van der Waals surface area contributed by atoms with E-state index in [2.05, 4.69) is 25.9 Å². The number of anilines is 2. The van der Waals surface area contributed by atoms with Crippen LogP contribution in [-0.2, 0) is 16.1 Å². The van der Waals surface area contributed by atoms with E-state index in [-0.39, 0.29) is 18.4 Å². The fraction of sp³-hybridized carbons (Fsp3) is 0.200. The number of fused-ring (bicyclic) bond motifs is 1. The molecule has 0 aliphatic heterocycles. The van der Waals surface area contributed by atoms with Gasteiger partial charge in [-0.15, -0.1) is 5.10 Å². The molecule has 0 aliphatic carbocycles. The Bertz CT molecular complexity index is 879. The van der Waals surface area contributed by atoms with Gasteiger partial charge in [0.1, 0.15) is 6.54 Å². The van der Waals surface area contributed by atoms with Gasteiger partial charge in [-0.05, 0) is 25.1 Å². The number of nitrogens with one attached hydrogen (secondary N) is 3. The van der Waals surface area contributed by atoms with Crippen molar-refractivity contribution >= 4 is 34.2 Å². The molecule has 3 rings (SSSR count). The summed E-state index contributed by atoms with van der Waals surface area (Å²) in [6, 6.07) is 7.65. The van der Waals surface area contributed by atoms with Crippen LogP contribution in [0.25, 0.3) is 10.9 Å². The predicted molar refractivity (Wildman–Crippen MR) is 86.0 cm³/mol. The van der Waals surface area contributed by atoms with Crippen LogP contribution in [-0.4, -0.2) is 31.8 Å². The summed E-state index contributed by atoms with van der Waals surface area (Å²) in [5.41, 5.74) is 2.73. The number of carbonyl (C=O) groups excluding carboxylic acids is 2. The molecule has 118 valence electrons. The van der Waals surface area contributed by atoms with Crippen molar-refractivity contribution in [2.45, 2.75) is 20.4 Å². The lowest BCUT2D eigenvalue weighted by Gasteiger charge is -2.06. The van der Waals surface area contributed by atoms with E-state index in [4.69, 9.17) is 0 Å². The van der Waals surface area contributed by atoms with E-state index in [0.29, 0.717) is 5.82 Å². The van der Waals surface area contributed by atoms with Crippen molar-refractivity contribution in [2.75, 3.05) is 10.6 Å². The van der Waals surface area contributed by atoms with Crippen LogP contribution in [0.1, 0.15) is 12.6 Å². The molecule has 0 spiro atoms. The van der Waals surface area contributed by atoms with Crippen LogP contribution < -0.4 is 10.6 Å². The number of H-pyrrole nitrogens is 1. The quantitative estimate of drug-likeness (QED) is 0.681. The van der Waals surface area contributed by atoms with Crippen LogP contribution >= 0.6 is 0 Å². The first-order chi connectivity index (χ1) is 11.0. The molecule has 1 aromatic carbocycles. The minimum Gasteiger partial charge on any atom is -0.359 e. The topological polar surface area (TPSA) is 105 Å². The molecule has 0 radical (unpaired) electrons. The van der Waals surface area contributed by atoms with Crippen molar-refractivity contribution in [3.63, 3.8) is 0 Å². The molecule has 3 N–H and O–H groups in total. The Morgan fingerprint density at radius 3 is 2.91 bits per heavy atom. The number of aryl methyl sites for hydroxylation is 1. The van der Waals surface area contributed by atoms with Crippen LogP contribution in [0.3, 0.4) is 0 Å². The van der Waals surface area contributed by atoms with Crippen LogP contribution in [0.4, 0.5) is 11.5 Å². The number of amides is 2. The Balaban J connectivity index is 1.71. The molecule has 0 unspecified atom stereocenters. The minimum atomic E-state index is -0.240. The number of rotatable bonds is 4. The highest BCUT2D eigenvalue weighted by atomic mass is 16.2. The summed E-state index contributed by atoms with van der Waals surface area (Å²) in [7, 11) is 0. The lowest BCUT2D eigenvalue weighted by Crippen LogP contribution is -2.19. The van der Waals surface area contributed by atoms with Gasteiger partial charge in [0, 0.05) is 23.5 Å². The number of aromatic amines is 1. The summed E-state index contributed by atoms with van der Waals surface area (Å²) < 4.78 is 1.36. The van der Waals surface area contributed by atoms with E-state index in [1.807, 2.05) is 31.2 Å². The van der Waals surface area contributed by atoms with Crippen LogP contribution in [0, 0.1) is 6.92 Å². The van der Waals surface area contributed by atoms with Gasteiger partial charge in [0.15, 0.2) is 5.82 Å². The lowest BCUT2D eigenvalue weighted by atomic mass is 10.2. The van der Waals surface area contributed by atoms with Gasteiger partial charge in [0.2, 0.25) is 11.8 Å². The number of benzene rings is 1. The zero-order valence-corrected chi connectivity index (χ0v) is 12.8. The maximum absolute atomic E-state index is 12.2. The zero-order chi connectivity index (χ0) is 16.4. The van der Waals surface area contributed by atoms with E-state index < -0.39 is 0 Å². The number of hydrogen-bond acceptors (Lipinski definition) is 4. The first-order valence-electron chi connectivity index (χ1n) is 7.07. The van der Waals surface area contributed by atoms with Crippen molar-refractivity contribution in [1.29, 1.82) is 0 Å². The number of aromatic nitrogens is 4. The smallest absolute Gasteiger partial charge is 0.246 e. The maximum Gasteiger partial charge on any atom is 0.246 e. The summed E-state index contributed by atoms with van der Waals surface area (Å²) in [6.45, 7) is 3.35. The Hall–Kier alpha value is -3.16. The Morgan fingerprint density at radius 2 is 2.13 bits per heavy atom. The van der Waals surface area contributed by atoms with Gasteiger partial charge in [0.05, 0.1) is 11.9 Å². The minimum absolute atomic E-state index is 0.00633. The normalized spacial score (nSPS) is 10.7. The summed E-state index contributed by atoms with van der Waals surface area (Å²) in [5, 5.41) is 13.9. The van der Waals surface area contributed by atoms with Crippen molar-refractivity contribution in [3.05, 3.63) is 36.2 Å². The zero-order valence-electron chi connectivity index (χ0n) is 12.8. The molecule has 0 saturated carbocycles. The molecular weight excluding hydrogens is 296 g/mol. The molecule has 3 aromatic rings. The molecule has 0 atom stereocenters. The van der Waals surface area contributed by atoms with Gasteiger partial charge in [-0.3, -0.25) is 9.59 Å². The van der Waals surface area contributed by atoms with E-state index in [0.717, 1.165) is 22.3 Å². The van der Waals surface area contributed by atoms with Crippen molar-refractivity contribution in [1.82, 2.24) is 20.0 Å². The van der Waals surface area contributed by atoms with Crippen molar-refractivity contribution < 1.29 is 9.59 Å². The third-order valence-electron chi connectivity index (χ3n) is 3.22. The third kappa shape index (κ3) is 3.37. The van der Waals surface area contributed by atoms with Crippen LogP contribution in [0.5, 0.6) is 0 Å². The SMILES string of the molecule is CC(=O)Nc1cn(CC(=O)Nc2cccc3[nH]c(C)cc23)nn1. The lowest BCUT2D eigenvalue weighted by molar-refractivity contribution is -0.117. The molecule has 8 heteroatoms. The molecule has 2 aromatic heterocycles. The molecule has 0 saturated heterocycles. The number of carbonyl (C=O) groups is 2. The first kappa shape index (κ1) is 14.8. The standard InChI is InChI=1S/C15H16N6O2/c1-9-6-11-12(16-9)4-3-5-13(11)18-15(23)8-21-7-14(19-20-21)17-10(2)22/h3-7,16H,8H2,1-2H3,(H,17,22)(H,18,23). The second kappa shape index (κ2) is 5.91. The summed E-state index contributed by atoms with van der Waals surface area (Å²) in [5.74, 6) is -0.153. The summed E-state index contributed by atoms with van der Waals surface area (Å²) >= 11 is 0. The van der Waals surface area contributed by atoms with E-state index in [9.17, 15) is 9.59 Å². The Labute approximate surface area is 131 Å². The molecule has 8 nitrogen and oxygen atoms in total. The predicted octanol–water partition coefficient (Wildman–Crippen LogP) is 1.66. The average molecular weight is 312 g/mol. The number of nitrogens with zero attached hydrogens (tertiary/aromatic N) is 3. The first-order valence-corrected chi connectivity index (χ1v) is 7.07. The van der Waals surface area contributed by atoms with Gasteiger partial charge in [0.25, 0.3) is 0 Å². The maximum atomic E-state index is 12.2. The molecule has 0 aliphatic rings. The van der Waals surface area contributed by atoms with Gasteiger partial charge in [-0.1, -0.05) is 11.3 Å². The molecule has 0 bridgehead atoms. The fourth-order valence-corrected chi connectivity index (χ4v) is 2.35. The van der Waals surface area contributed by atoms with E-state index >= 15 is 0 Å². The highest BCUT2D eigenvalue weighted by molar-refractivity contribution is 6.01. The third-order valence-corrected chi connectivity index (χ3v) is 3.22. The largest absolute Gasteiger partial charge is 0.359 e. The molecule has 23 heavy (non-hydrogen) atoms. The van der Waals surface area contributed by atoms with Gasteiger partial charge >= 0.3 is 0 Å². The molecule has 2 amide bonds. The second-order valence-electron chi connectivity index (χ2n) is 5.25. The monoisotopic (exact) mass is 312 g/mol. The molecule has 0 fully saturated rings. The highest BCUT2D eigenvalue weighted by Crippen LogP contribution is 2.23. The number of hydrogen-bond donors (Lipinski definition) is 3. The van der Waals surface area contributed by atoms with E-state index in [1.54, 1.807) is 0 Å². The van der Waals surface area contributed by atoms with Crippen LogP contribution in [0.2, 0.25) is 0 Å². The van der Waals surface area contributed by atoms with Crippen molar-refractivity contribution in [3.8, 4) is 0 Å². The average Bonchev–Trinajstić information content (AvgIpc) is 3.04. The van der Waals surface area contributed by atoms with Crippen LogP contribution in [0.15, 0.2) is 30.5 Å².